The zero-order valence-electron chi connectivity index (χ0n) is 10.6. The monoisotopic (exact) mass is 277 g/mol. The number of benzene rings is 1. The summed E-state index contributed by atoms with van der Waals surface area (Å²) in [6, 6.07) is 6.49. The van der Waals surface area contributed by atoms with Crippen molar-refractivity contribution in [3.63, 3.8) is 0 Å². The SMILES string of the molecule is CCC(C)CNCc1ccc(SC(F)(F)F)cc1. The minimum atomic E-state index is -4.21. The molecule has 1 rings (SSSR count). The molecule has 0 heterocycles. The Morgan fingerprint density at radius 1 is 1.22 bits per heavy atom. The van der Waals surface area contributed by atoms with Gasteiger partial charge in [0.05, 0.1) is 0 Å². The van der Waals surface area contributed by atoms with Gasteiger partial charge in [0.2, 0.25) is 0 Å². The zero-order chi connectivity index (χ0) is 13.6. The quantitative estimate of drug-likeness (QED) is 0.772. The smallest absolute Gasteiger partial charge is 0.312 e. The van der Waals surface area contributed by atoms with Crippen LogP contribution in [0, 0.1) is 5.92 Å². The molecule has 0 bridgehead atoms. The maximum absolute atomic E-state index is 12.1. The molecule has 0 amide bonds. The van der Waals surface area contributed by atoms with Crippen LogP contribution >= 0.6 is 11.8 Å². The maximum Gasteiger partial charge on any atom is 0.446 e. The van der Waals surface area contributed by atoms with Crippen LogP contribution in [0.1, 0.15) is 25.8 Å². The molecule has 0 aliphatic rings. The lowest BCUT2D eigenvalue weighted by molar-refractivity contribution is -0.0328. The van der Waals surface area contributed by atoms with E-state index in [2.05, 4.69) is 19.2 Å². The largest absolute Gasteiger partial charge is 0.446 e. The van der Waals surface area contributed by atoms with E-state index in [0.29, 0.717) is 12.5 Å². The van der Waals surface area contributed by atoms with Crippen molar-refractivity contribution < 1.29 is 13.2 Å². The van der Waals surface area contributed by atoms with E-state index < -0.39 is 5.51 Å². The normalized spacial score (nSPS) is 13.6. The molecule has 1 aromatic carbocycles. The first-order valence-electron chi connectivity index (χ1n) is 5.96. The Labute approximate surface area is 110 Å². The van der Waals surface area contributed by atoms with Crippen molar-refractivity contribution >= 4 is 11.8 Å². The van der Waals surface area contributed by atoms with Crippen molar-refractivity contribution in [3.05, 3.63) is 29.8 Å². The summed E-state index contributed by atoms with van der Waals surface area (Å²) in [5.74, 6) is 0.616. The van der Waals surface area contributed by atoms with Crippen LogP contribution in [0.5, 0.6) is 0 Å². The highest BCUT2D eigenvalue weighted by molar-refractivity contribution is 8.00. The van der Waals surface area contributed by atoms with Gasteiger partial charge in [0.25, 0.3) is 0 Å². The van der Waals surface area contributed by atoms with Crippen LogP contribution in [0.4, 0.5) is 13.2 Å². The first-order chi connectivity index (χ1) is 8.40. The Bertz CT molecular complexity index is 348. The molecule has 0 saturated carbocycles. The number of halogens is 3. The Balaban J connectivity index is 2.41. The molecule has 1 atom stereocenters. The van der Waals surface area contributed by atoms with Gasteiger partial charge in [-0.3, -0.25) is 0 Å². The second-order valence-corrected chi connectivity index (χ2v) is 5.47. The molecule has 1 aromatic rings. The van der Waals surface area contributed by atoms with Crippen LogP contribution in [0.15, 0.2) is 29.2 Å². The molecule has 0 aliphatic carbocycles. The van der Waals surface area contributed by atoms with Crippen LogP contribution in [0.3, 0.4) is 0 Å². The summed E-state index contributed by atoms with van der Waals surface area (Å²) in [5.41, 5.74) is -3.21. The summed E-state index contributed by atoms with van der Waals surface area (Å²) >= 11 is -0.0786. The Kier molecular flexibility index (Phi) is 6.02. The van der Waals surface area contributed by atoms with Gasteiger partial charge in [-0.2, -0.15) is 13.2 Å². The molecule has 102 valence electrons. The molecule has 1 N–H and O–H groups in total. The molecule has 0 aliphatic heterocycles. The number of nitrogens with one attached hydrogen (secondary N) is 1. The lowest BCUT2D eigenvalue weighted by Gasteiger charge is -2.10. The molecule has 5 heteroatoms. The van der Waals surface area contributed by atoms with Crippen LogP contribution < -0.4 is 5.32 Å². The lowest BCUT2D eigenvalue weighted by Crippen LogP contribution is -2.20. The second-order valence-electron chi connectivity index (χ2n) is 4.34. The minimum Gasteiger partial charge on any atom is -0.312 e. The Morgan fingerprint density at radius 2 is 1.83 bits per heavy atom. The third-order valence-corrected chi connectivity index (χ3v) is 3.42. The summed E-state index contributed by atoms with van der Waals surface area (Å²) < 4.78 is 36.4. The number of rotatable bonds is 6. The third-order valence-electron chi connectivity index (χ3n) is 2.68. The van der Waals surface area contributed by atoms with Gasteiger partial charge >= 0.3 is 5.51 Å². The number of hydrogen-bond acceptors (Lipinski definition) is 2. The van der Waals surface area contributed by atoms with Crippen molar-refractivity contribution in [2.45, 2.75) is 37.2 Å². The average Bonchev–Trinajstić information content (AvgIpc) is 2.29. The maximum atomic E-state index is 12.1. The van der Waals surface area contributed by atoms with Crippen molar-refractivity contribution in [2.75, 3.05) is 6.54 Å². The highest BCUT2D eigenvalue weighted by atomic mass is 32.2. The fourth-order valence-electron chi connectivity index (χ4n) is 1.42. The van der Waals surface area contributed by atoms with E-state index in [1.165, 1.54) is 12.1 Å². The molecule has 0 saturated heterocycles. The molecule has 0 fully saturated rings. The van der Waals surface area contributed by atoms with Gasteiger partial charge in [0.15, 0.2) is 0 Å². The summed E-state index contributed by atoms with van der Waals surface area (Å²) in [4.78, 5) is 0.230. The van der Waals surface area contributed by atoms with E-state index in [1.807, 2.05) is 0 Å². The molecule has 0 aromatic heterocycles. The topological polar surface area (TPSA) is 12.0 Å². The first-order valence-corrected chi connectivity index (χ1v) is 6.77. The number of hydrogen-bond donors (Lipinski definition) is 1. The second kappa shape index (κ2) is 7.04. The van der Waals surface area contributed by atoms with Crippen molar-refractivity contribution in [2.24, 2.45) is 5.92 Å². The van der Waals surface area contributed by atoms with E-state index in [-0.39, 0.29) is 16.7 Å². The summed E-state index contributed by atoms with van der Waals surface area (Å²) in [6.07, 6.45) is 1.12. The van der Waals surface area contributed by atoms with Gasteiger partial charge in [0.1, 0.15) is 0 Å². The van der Waals surface area contributed by atoms with Gasteiger partial charge < -0.3 is 5.32 Å². The van der Waals surface area contributed by atoms with Crippen molar-refractivity contribution in [1.29, 1.82) is 0 Å². The molecule has 1 unspecified atom stereocenters. The summed E-state index contributed by atoms with van der Waals surface area (Å²) in [7, 11) is 0. The fourth-order valence-corrected chi connectivity index (χ4v) is 1.96. The van der Waals surface area contributed by atoms with E-state index in [4.69, 9.17) is 0 Å². The Hall–Kier alpha value is -0.680. The molecule has 18 heavy (non-hydrogen) atoms. The standard InChI is InChI=1S/C13H18F3NS/c1-3-10(2)8-17-9-11-4-6-12(7-5-11)18-13(14,15)16/h4-7,10,17H,3,8-9H2,1-2H3. The highest BCUT2D eigenvalue weighted by Gasteiger charge is 2.28. The third kappa shape index (κ3) is 6.31. The van der Waals surface area contributed by atoms with Crippen molar-refractivity contribution in [3.8, 4) is 0 Å². The zero-order valence-corrected chi connectivity index (χ0v) is 11.4. The lowest BCUT2D eigenvalue weighted by atomic mass is 10.1. The predicted octanol–water partition coefficient (Wildman–Crippen LogP) is 4.43. The number of alkyl halides is 3. The molecule has 1 nitrogen and oxygen atoms in total. The van der Waals surface area contributed by atoms with Crippen LogP contribution in [0.2, 0.25) is 0 Å². The molecular formula is C13H18F3NS. The van der Waals surface area contributed by atoms with E-state index in [9.17, 15) is 13.2 Å². The summed E-state index contributed by atoms with van der Waals surface area (Å²) in [6.45, 7) is 5.92. The van der Waals surface area contributed by atoms with E-state index in [1.54, 1.807) is 12.1 Å². The Morgan fingerprint density at radius 3 is 2.33 bits per heavy atom. The van der Waals surface area contributed by atoms with Gasteiger partial charge in [-0.05, 0) is 41.9 Å². The van der Waals surface area contributed by atoms with Gasteiger partial charge in [-0.25, -0.2) is 0 Å². The van der Waals surface area contributed by atoms with Crippen LogP contribution in [0.25, 0.3) is 0 Å². The molecule has 0 radical (unpaired) electrons. The highest BCUT2D eigenvalue weighted by Crippen LogP contribution is 2.36. The summed E-state index contributed by atoms with van der Waals surface area (Å²) in [5, 5.41) is 3.29. The number of thioether (sulfide) groups is 1. The van der Waals surface area contributed by atoms with E-state index >= 15 is 0 Å². The fraction of sp³-hybridized carbons (Fsp3) is 0.538. The van der Waals surface area contributed by atoms with E-state index in [0.717, 1.165) is 18.5 Å². The average molecular weight is 277 g/mol. The first kappa shape index (κ1) is 15.4. The van der Waals surface area contributed by atoms with Crippen molar-refractivity contribution in [1.82, 2.24) is 5.32 Å². The predicted molar refractivity (Wildman–Crippen MR) is 69.5 cm³/mol. The minimum absolute atomic E-state index is 0.0786. The van der Waals surface area contributed by atoms with Gasteiger partial charge in [-0.15, -0.1) is 0 Å². The van der Waals surface area contributed by atoms with Gasteiger partial charge in [-0.1, -0.05) is 32.4 Å². The molecule has 0 spiro atoms. The molecular weight excluding hydrogens is 259 g/mol. The van der Waals surface area contributed by atoms with Crippen LogP contribution in [-0.2, 0) is 6.54 Å². The van der Waals surface area contributed by atoms with Gasteiger partial charge in [0, 0.05) is 11.4 Å². The van der Waals surface area contributed by atoms with Crippen LogP contribution in [-0.4, -0.2) is 12.1 Å².